The fraction of sp³-hybridized carbons (Fsp3) is 0.605. The van der Waals surface area contributed by atoms with E-state index in [1.165, 1.54) is 4.90 Å². The smallest absolute Gasteiger partial charge is 0.306 e. The minimum atomic E-state index is -3.84. The van der Waals surface area contributed by atoms with E-state index in [1.807, 2.05) is 26.8 Å². The molecule has 2 aliphatic carbocycles. The van der Waals surface area contributed by atoms with Crippen LogP contribution in [0, 0.1) is 22.7 Å². The van der Waals surface area contributed by atoms with Crippen molar-refractivity contribution in [3.8, 4) is 5.88 Å². The summed E-state index contributed by atoms with van der Waals surface area (Å²) in [5, 5.41) is 1.07. The van der Waals surface area contributed by atoms with Crippen molar-refractivity contribution in [3.05, 3.63) is 45.5 Å². The zero-order valence-corrected chi connectivity index (χ0v) is 33.9. The second kappa shape index (κ2) is 15.1. The van der Waals surface area contributed by atoms with Crippen LogP contribution in [0.4, 0.5) is 0 Å². The molecule has 0 spiro atoms. The first kappa shape index (κ1) is 38.9. The van der Waals surface area contributed by atoms with Gasteiger partial charge in [0.25, 0.3) is 0 Å². The summed E-state index contributed by atoms with van der Waals surface area (Å²) >= 11 is 7.56. The molecule has 5 atom stereocenters. The number of benzene rings is 1. The fourth-order valence-corrected chi connectivity index (χ4v) is 10.3. The number of cyclic esters (lactones) is 1. The van der Waals surface area contributed by atoms with E-state index in [4.69, 9.17) is 9.47 Å². The van der Waals surface area contributed by atoms with Crippen molar-refractivity contribution in [2.24, 2.45) is 22.7 Å². The summed E-state index contributed by atoms with van der Waals surface area (Å²) in [6.07, 6.45) is 7.84. The van der Waals surface area contributed by atoms with Crippen molar-refractivity contribution in [3.63, 3.8) is 0 Å². The number of esters is 1. The van der Waals surface area contributed by atoms with Gasteiger partial charge in [0.05, 0.1) is 47.6 Å². The summed E-state index contributed by atoms with van der Waals surface area (Å²) in [7, 11) is -3.84. The molecule has 2 amide bonds. The number of nitrogens with one attached hydrogen (secondary N) is 1. The van der Waals surface area contributed by atoms with Crippen LogP contribution in [0.15, 0.2) is 39.9 Å². The summed E-state index contributed by atoms with van der Waals surface area (Å²) < 4.78 is 41.7. The van der Waals surface area contributed by atoms with Crippen molar-refractivity contribution < 1.29 is 37.1 Å². The first-order valence-electron chi connectivity index (χ1n) is 18.2. The molecule has 2 aliphatic heterocycles. The van der Waals surface area contributed by atoms with Crippen LogP contribution in [0.1, 0.15) is 90.5 Å². The molecule has 3 fully saturated rings. The number of sulfonamides is 1. The fourth-order valence-electron chi connectivity index (χ4n) is 7.62. The molecule has 282 valence electrons. The Labute approximate surface area is 322 Å². The summed E-state index contributed by atoms with van der Waals surface area (Å²) in [6.45, 7) is 9.77. The Morgan fingerprint density at radius 1 is 1.15 bits per heavy atom. The third-order valence-electron chi connectivity index (χ3n) is 11.0. The summed E-state index contributed by atoms with van der Waals surface area (Å²) in [5.74, 6) is -2.77. The highest BCUT2D eigenvalue weighted by Crippen LogP contribution is 2.57. The highest BCUT2D eigenvalue weighted by Gasteiger charge is 2.61. The molecule has 1 saturated heterocycles. The number of hydrogen-bond acceptors (Lipinski definition) is 9. The Morgan fingerprint density at radius 2 is 1.88 bits per heavy atom. The van der Waals surface area contributed by atoms with Gasteiger partial charge in [-0.05, 0) is 83.5 Å². The number of rotatable bonds is 7. The van der Waals surface area contributed by atoms with Crippen LogP contribution in [0.3, 0.4) is 0 Å². The average molecular weight is 866 g/mol. The van der Waals surface area contributed by atoms with E-state index in [-0.39, 0.29) is 50.5 Å². The van der Waals surface area contributed by atoms with E-state index in [9.17, 15) is 27.6 Å². The lowest BCUT2D eigenvalue weighted by atomic mass is 9.77. The van der Waals surface area contributed by atoms with E-state index in [0.717, 1.165) is 51.0 Å². The SMILES string of the molecule is C=C[C@@H]1C[C@]1(CC(=O)[C@@H]1C[C@@H]2CN1C(=O)[C@H](C(C)(C)C)CC(=O)OCCCCCCc1cc(Br)c3ccnc(c3c1Br)O2)C(=O)NS(=O)(=O)C1CC1. The number of aryl methyl sites for hydroxylation is 1. The van der Waals surface area contributed by atoms with Gasteiger partial charge in [-0.2, -0.15) is 0 Å². The van der Waals surface area contributed by atoms with Crippen LogP contribution in [0.5, 0.6) is 5.88 Å². The molecule has 4 aliphatic rings. The van der Waals surface area contributed by atoms with Gasteiger partial charge in [0.15, 0.2) is 5.78 Å². The van der Waals surface area contributed by atoms with Gasteiger partial charge in [0.2, 0.25) is 27.7 Å². The number of ketones is 1. The molecule has 0 unspecified atom stereocenters. The number of halogens is 2. The predicted molar refractivity (Wildman–Crippen MR) is 203 cm³/mol. The van der Waals surface area contributed by atoms with Gasteiger partial charge in [-0.25, -0.2) is 13.4 Å². The number of aromatic nitrogens is 1. The molecule has 14 heteroatoms. The van der Waals surface area contributed by atoms with Gasteiger partial charge in [0.1, 0.15) is 6.10 Å². The highest BCUT2D eigenvalue weighted by molar-refractivity contribution is 9.11. The number of allylic oxidation sites excluding steroid dienone is 1. The van der Waals surface area contributed by atoms with Crippen LogP contribution >= 0.6 is 31.9 Å². The molecule has 1 N–H and O–H groups in total. The number of amides is 2. The van der Waals surface area contributed by atoms with Crippen molar-refractivity contribution in [2.75, 3.05) is 13.2 Å². The topological polar surface area (TPSA) is 149 Å². The predicted octanol–water partition coefficient (Wildman–Crippen LogP) is 6.58. The minimum absolute atomic E-state index is 0.0492. The standard InChI is InChI=1S/C38H47Br2N3O8S/c1-5-23-19-38(23,36(47)42-52(48,49)25-11-12-25)20-30(44)29-17-24-21-43(29)35(46)27(37(2,3)4)18-31(45)50-15-9-7-6-8-10-22-16-28(39)26-13-14-41-34(51-24)32(26)33(22)40/h5,13-14,16,23-25,27,29H,1,6-12,15,17-21H2,2-4H3,(H,42,47)/t23-,24-,27-,29+,38-/m1/s1. The summed E-state index contributed by atoms with van der Waals surface area (Å²) in [6, 6.07) is 3.01. The largest absolute Gasteiger partial charge is 0.472 e. The maximum Gasteiger partial charge on any atom is 0.306 e. The van der Waals surface area contributed by atoms with Gasteiger partial charge in [-0.1, -0.05) is 55.6 Å². The van der Waals surface area contributed by atoms with E-state index in [0.29, 0.717) is 25.1 Å². The van der Waals surface area contributed by atoms with Crippen molar-refractivity contribution in [1.29, 1.82) is 0 Å². The number of pyridine rings is 1. The molecule has 1 aromatic carbocycles. The molecular formula is C38H47Br2N3O8S. The maximum atomic E-state index is 14.6. The molecule has 0 radical (unpaired) electrons. The van der Waals surface area contributed by atoms with Crippen LogP contribution in [0.2, 0.25) is 0 Å². The lowest BCUT2D eigenvalue weighted by molar-refractivity contribution is -0.153. The molecule has 52 heavy (non-hydrogen) atoms. The number of carbonyl (C=O) groups excluding carboxylic acids is 4. The lowest BCUT2D eigenvalue weighted by Crippen LogP contribution is -2.48. The lowest BCUT2D eigenvalue weighted by Gasteiger charge is -2.34. The second-order valence-electron chi connectivity index (χ2n) is 15.9. The molecule has 2 aromatic rings. The number of hydrogen-bond donors (Lipinski definition) is 1. The first-order valence-corrected chi connectivity index (χ1v) is 21.3. The maximum absolute atomic E-state index is 14.6. The zero-order valence-electron chi connectivity index (χ0n) is 29.9. The molecule has 6 rings (SSSR count). The third kappa shape index (κ3) is 8.13. The average Bonchev–Trinajstić information content (AvgIpc) is 4.01. The Morgan fingerprint density at radius 3 is 2.56 bits per heavy atom. The zero-order chi connectivity index (χ0) is 37.6. The van der Waals surface area contributed by atoms with E-state index >= 15 is 0 Å². The Hall–Kier alpha value is -2.84. The Bertz CT molecular complexity index is 1890. The van der Waals surface area contributed by atoms with E-state index < -0.39 is 62.0 Å². The number of fused-ring (bicyclic) bond motifs is 3. The Kier molecular flexibility index (Phi) is 11.3. The van der Waals surface area contributed by atoms with Gasteiger partial charge >= 0.3 is 5.97 Å². The number of Topliss-reactive ketones (excluding diaryl/α,β-unsaturated/α-hetero) is 1. The van der Waals surface area contributed by atoms with Crippen molar-refractivity contribution in [1.82, 2.24) is 14.6 Å². The molecule has 4 bridgehead atoms. The van der Waals surface area contributed by atoms with Crippen molar-refractivity contribution in [2.45, 2.75) is 109 Å². The van der Waals surface area contributed by atoms with Gasteiger partial charge in [0, 0.05) is 33.4 Å². The third-order valence-corrected chi connectivity index (χ3v) is 14.4. The molecule has 3 heterocycles. The van der Waals surface area contributed by atoms with Crippen LogP contribution in [0.25, 0.3) is 10.8 Å². The molecule has 1 aromatic heterocycles. The van der Waals surface area contributed by atoms with Crippen LogP contribution in [-0.4, -0.2) is 72.4 Å². The van der Waals surface area contributed by atoms with Gasteiger partial charge in [-0.15, -0.1) is 6.58 Å². The molecule has 11 nitrogen and oxygen atoms in total. The normalized spacial score (nSPS) is 27.6. The number of nitrogens with zero attached hydrogens (tertiary/aromatic N) is 2. The monoisotopic (exact) mass is 863 g/mol. The van der Waals surface area contributed by atoms with E-state index in [1.54, 1.807) is 12.3 Å². The van der Waals surface area contributed by atoms with Gasteiger partial charge in [-0.3, -0.25) is 23.9 Å². The number of ether oxygens (including phenoxy) is 2. The molecule has 2 saturated carbocycles. The van der Waals surface area contributed by atoms with Crippen molar-refractivity contribution >= 4 is 76.2 Å². The summed E-state index contributed by atoms with van der Waals surface area (Å²) in [4.78, 5) is 61.8. The Balaban J connectivity index is 1.35. The summed E-state index contributed by atoms with van der Waals surface area (Å²) in [5.41, 5.74) is -0.856. The van der Waals surface area contributed by atoms with Crippen LogP contribution < -0.4 is 9.46 Å². The minimum Gasteiger partial charge on any atom is -0.472 e. The van der Waals surface area contributed by atoms with Crippen LogP contribution in [-0.2, 0) is 40.4 Å². The second-order valence-corrected chi connectivity index (χ2v) is 19.5. The number of carbonyl (C=O) groups is 4. The highest BCUT2D eigenvalue weighted by atomic mass is 79.9. The van der Waals surface area contributed by atoms with Gasteiger partial charge < -0.3 is 14.4 Å². The molecular weight excluding hydrogens is 818 g/mol. The van der Waals surface area contributed by atoms with E-state index in [2.05, 4.69) is 54.2 Å². The quantitative estimate of drug-likeness (QED) is 0.241. The first-order chi connectivity index (χ1) is 24.6.